The number of rotatable bonds is 4. The minimum Gasteiger partial charge on any atom is -0.352 e. The molecule has 4 nitrogen and oxygen atoms in total. The van der Waals surface area contributed by atoms with Crippen molar-refractivity contribution < 1.29 is 9.18 Å². The Labute approximate surface area is 126 Å². The van der Waals surface area contributed by atoms with Gasteiger partial charge in [0.15, 0.2) is 0 Å². The van der Waals surface area contributed by atoms with E-state index in [4.69, 9.17) is 5.73 Å². The first-order valence-electron chi connectivity index (χ1n) is 6.34. The summed E-state index contributed by atoms with van der Waals surface area (Å²) in [5, 5.41) is 4.58. The van der Waals surface area contributed by atoms with E-state index >= 15 is 0 Å². The van der Waals surface area contributed by atoms with E-state index in [0.717, 1.165) is 5.69 Å². The van der Waals surface area contributed by atoms with Crippen molar-refractivity contribution in [1.82, 2.24) is 10.3 Å². The van der Waals surface area contributed by atoms with E-state index in [0.29, 0.717) is 18.5 Å². The Balaban J connectivity index is 1.95. The lowest BCUT2D eigenvalue weighted by Crippen LogP contribution is -2.26. The maximum Gasteiger partial charge on any atom is 0.254 e. The van der Waals surface area contributed by atoms with Gasteiger partial charge in [0.2, 0.25) is 0 Å². The molecule has 0 saturated heterocycles. The van der Waals surface area contributed by atoms with Crippen LogP contribution in [0.1, 0.15) is 21.6 Å². The molecule has 1 amide bonds. The molecule has 0 aliphatic carbocycles. The molecule has 0 spiro atoms. The molecule has 1 heterocycles. The van der Waals surface area contributed by atoms with Crippen molar-refractivity contribution in [2.24, 2.45) is 5.73 Å². The first-order chi connectivity index (χ1) is 10.2. The fourth-order valence-corrected chi connectivity index (χ4v) is 2.28. The van der Waals surface area contributed by atoms with Crippen molar-refractivity contribution in [1.29, 1.82) is 0 Å². The van der Waals surface area contributed by atoms with Crippen molar-refractivity contribution in [2.45, 2.75) is 6.42 Å². The standard InChI is InChI=1S/C15H14FN3OS/c16-14-8-11(2-1-6-17)3-4-13(14)15(20)18-7-5-12-9-21-10-19-12/h3-4,8-10H,5-7,17H2,(H,18,20). The van der Waals surface area contributed by atoms with E-state index in [1.54, 1.807) is 11.6 Å². The number of amides is 1. The molecule has 0 atom stereocenters. The van der Waals surface area contributed by atoms with Gasteiger partial charge in [-0.25, -0.2) is 9.37 Å². The molecule has 3 N–H and O–H groups in total. The maximum absolute atomic E-state index is 13.9. The third-order valence-corrected chi connectivity index (χ3v) is 3.33. The second kappa shape index (κ2) is 7.53. The molecule has 1 aromatic carbocycles. The van der Waals surface area contributed by atoms with Gasteiger partial charge in [0, 0.05) is 23.9 Å². The van der Waals surface area contributed by atoms with Crippen LogP contribution in [-0.2, 0) is 6.42 Å². The summed E-state index contributed by atoms with van der Waals surface area (Å²) in [5.41, 5.74) is 8.40. The third kappa shape index (κ3) is 4.38. The van der Waals surface area contributed by atoms with Crippen LogP contribution in [0.2, 0.25) is 0 Å². The number of nitrogens with two attached hydrogens (primary N) is 1. The van der Waals surface area contributed by atoms with Crippen molar-refractivity contribution in [3.05, 3.63) is 51.7 Å². The van der Waals surface area contributed by atoms with E-state index in [-0.39, 0.29) is 12.1 Å². The lowest BCUT2D eigenvalue weighted by molar-refractivity contribution is 0.0950. The topological polar surface area (TPSA) is 68.0 Å². The van der Waals surface area contributed by atoms with Crippen molar-refractivity contribution in [3.8, 4) is 11.8 Å². The number of carbonyl (C=O) groups excluding carboxylic acids is 1. The van der Waals surface area contributed by atoms with Gasteiger partial charge in [-0.1, -0.05) is 11.8 Å². The summed E-state index contributed by atoms with van der Waals surface area (Å²) in [7, 11) is 0. The van der Waals surface area contributed by atoms with Gasteiger partial charge < -0.3 is 11.1 Å². The largest absolute Gasteiger partial charge is 0.352 e. The zero-order valence-electron chi connectivity index (χ0n) is 11.2. The smallest absolute Gasteiger partial charge is 0.254 e. The van der Waals surface area contributed by atoms with Gasteiger partial charge in [0.05, 0.1) is 23.3 Å². The fourth-order valence-electron chi connectivity index (χ4n) is 1.69. The molecule has 0 unspecified atom stereocenters. The lowest BCUT2D eigenvalue weighted by atomic mass is 10.1. The van der Waals surface area contributed by atoms with Crippen LogP contribution in [-0.4, -0.2) is 24.0 Å². The average molecular weight is 303 g/mol. The lowest BCUT2D eigenvalue weighted by Gasteiger charge is -2.05. The highest BCUT2D eigenvalue weighted by Gasteiger charge is 2.11. The number of nitrogens with zero attached hydrogens (tertiary/aromatic N) is 1. The van der Waals surface area contributed by atoms with Gasteiger partial charge in [-0.15, -0.1) is 11.3 Å². The summed E-state index contributed by atoms with van der Waals surface area (Å²) in [6.45, 7) is 0.622. The summed E-state index contributed by atoms with van der Waals surface area (Å²) < 4.78 is 13.9. The minimum atomic E-state index is -0.593. The molecule has 21 heavy (non-hydrogen) atoms. The van der Waals surface area contributed by atoms with Gasteiger partial charge in [0.1, 0.15) is 5.82 Å². The molecule has 0 aliphatic rings. The number of benzene rings is 1. The van der Waals surface area contributed by atoms with Crippen LogP contribution in [0.25, 0.3) is 0 Å². The van der Waals surface area contributed by atoms with Crippen LogP contribution in [0.3, 0.4) is 0 Å². The van der Waals surface area contributed by atoms with Gasteiger partial charge >= 0.3 is 0 Å². The van der Waals surface area contributed by atoms with E-state index in [2.05, 4.69) is 22.1 Å². The molecule has 1 aromatic heterocycles. The highest BCUT2D eigenvalue weighted by Crippen LogP contribution is 2.10. The van der Waals surface area contributed by atoms with E-state index in [1.165, 1.54) is 23.5 Å². The Bertz CT molecular complexity index is 674. The number of nitrogens with one attached hydrogen (secondary N) is 1. The summed E-state index contributed by atoms with van der Waals surface area (Å²) in [5.74, 6) is 4.32. The van der Waals surface area contributed by atoms with Crippen LogP contribution in [0.4, 0.5) is 4.39 Å². The molecule has 2 rings (SSSR count). The van der Waals surface area contributed by atoms with Crippen LogP contribution in [0, 0.1) is 17.7 Å². The van der Waals surface area contributed by atoms with Crippen molar-refractivity contribution >= 4 is 17.2 Å². The predicted octanol–water partition coefficient (Wildman–Crippen LogP) is 1.56. The monoisotopic (exact) mass is 303 g/mol. The quantitative estimate of drug-likeness (QED) is 0.842. The second-order valence-electron chi connectivity index (χ2n) is 4.19. The van der Waals surface area contributed by atoms with Gasteiger partial charge in [0.25, 0.3) is 5.91 Å². The van der Waals surface area contributed by atoms with E-state index in [1.807, 2.05) is 5.38 Å². The summed E-state index contributed by atoms with van der Waals surface area (Å²) in [6, 6.07) is 4.26. The van der Waals surface area contributed by atoms with Crippen LogP contribution >= 0.6 is 11.3 Å². The first kappa shape index (κ1) is 15.2. The Morgan fingerprint density at radius 1 is 1.48 bits per heavy atom. The van der Waals surface area contributed by atoms with Gasteiger partial charge in [-0.05, 0) is 18.2 Å². The molecular weight excluding hydrogens is 289 g/mol. The number of halogens is 1. The number of thiazole rings is 1. The first-order valence-corrected chi connectivity index (χ1v) is 7.28. The van der Waals surface area contributed by atoms with Crippen molar-refractivity contribution in [2.75, 3.05) is 13.1 Å². The number of hydrogen-bond donors (Lipinski definition) is 2. The summed E-state index contributed by atoms with van der Waals surface area (Å²) in [4.78, 5) is 16.0. The Kier molecular flexibility index (Phi) is 5.43. The van der Waals surface area contributed by atoms with Crippen molar-refractivity contribution in [3.63, 3.8) is 0 Å². The fraction of sp³-hybridized carbons (Fsp3) is 0.200. The highest BCUT2D eigenvalue weighted by molar-refractivity contribution is 7.07. The molecule has 0 saturated carbocycles. The normalized spacial score (nSPS) is 9.81. The molecule has 0 aliphatic heterocycles. The van der Waals surface area contributed by atoms with Crippen LogP contribution < -0.4 is 11.1 Å². The van der Waals surface area contributed by atoms with Crippen LogP contribution in [0.15, 0.2) is 29.1 Å². The Morgan fingerprint density at radius 2 is 2.33 bits per heavy atom. The van der Waals surface area contributed by atoms with Gasteiger partial charge in [-0.3, -0.25) is 4.79 Å². The zero-order chi connectivity index (χ0) is 15.1. The summed E-state index contributed by atoms with van der Waals surface area (Å²) in [6.07, 6.45) is 0.622. The Hall–Kier alpha value is -2.23. The Morgan fingerprint density at radius 3 is 3.00 bits per heavy atom. The minimum absolute atomic E-state index is 0.00609. The highest BCUT2D eigenvalue weighted by atomic mass is 32.1. The predicted molar refractivity (Wildman–Crippen MR) is 80.5 cm³/mol. The molecular formula is C15H14FN3OS. The number of aromatic nitrogens is 1. The molecule has 6 heteroatoms. The van der Waals surface area contributed by atoms with Crippen LogP contribution in [0.5, 0.6) is 0 Å². The summed E-state index contributed by atoms with van der Waals surface area (Å²) >= 11 is 1.50. The zero-order valence-corrected chi connectivity index (χ0v) is 12.0. The molecule has 0 bridgehead atoms. The molecule has 0 radical (unpaired) electrons. The van der Waals surface area contributed by atoms with E-state index in [9.17, 15) is 9.18 Å². The molecule has 2 aromatic rings. The van der Waals surface area contributed by atoms with Gasteiger partial charge in [-0.2, -0.15) is 0 Å². The second-order valence-corrected chi connectivity index (χ2v) is 4.90. The number of carbonyl (C=O) groups is 1. The average Bonchev–Trinajstić information content (AvgIpc) is 2.98. The molecule has 108 valence electrons. The molecule has 0 fully saturated rings. The van der Waals surface area contributed by atoms with E-state index < -0.39 is 11.7 Å². The third-order valence-electron chi connectivity index (χ3n) is 2.70. The SMILES string of the molecule is NCC#Cc1ccc(C(=O)NCCc2cscn2)c(F)c1. The number of hydrogen-bond acceptors (Lipinski definition) is 4. The maximum atomic E-state index is 13.9.